The molecule has 0 heterocycles. The van der Waals surface area contributed by atoms with Gasteiger partial charge in [-0.3, -0.25) is 0 Å². The Hall–Kier alpha value is -2.16. The number of hydrogen-bond donors (Lipinski definition) is 1. The first-order valence-electron chi connectivity index (χ1n) is 8.65. The van der Waals surface area contributed by atoms with Crippen LogP contribution in [0.25, 0.3) is 0 Å². The molecule has 24 heavy (non-hydrogen) atoms. The van der Waals surface area contributed by atoms with E-state index in [4.69, 9.17) is 9.47 Å². The summed E-state index contributed by atoms with van der Waals surface area (Å²) in [7, 11) is 0. The van der Waals surface area contributed by atoms with Crippen molar-refractivity contribution in [2.75, 3.05) is 18.5 Å². The largest absolute Gasteiger partial charge is 0.493 e. The third kappa shape index (κ3) is 5.48. The fraction of sp³-hybridized carbons (Fsp3) is 0.429. The molecule has 0 amide bonds. The lowest BCUT2D eigenvalue weighted by molar-refractivity contribution is 0.231. The number of benzene rings is 2. The predicted molar refractivity (Wildman–Crippen MR) is 101 cm³/mol. The van der Waals surface area contributed by atoms with Crippen LogP contribution in [0.3, 0.4) is 0 Å². The molecular formula is C21H29NO2. The van der Waals surface area contributed by atoms with Gasteiger partial charge in [0, 0.05) is 5.69 Å². The molecule has 0 bridgehead atoms. The van der Waals surface area contributed by atoms with Crippen molar-refractivity contribution >= 4 is 5.69 Å². The Bertz CT molecular complexity index is 615. The van der Waals surface area contributed by atoms with Crippen molar-refractivity contribution in [2.24, 2.45) is 5.92 Å². The molecule has 2 aromatic rings. The summed E-state index contributed by atoms with van der Waals surface area (Å²) in [4.78, 5) is 0. The smallest absolute Gasteiger partial charge is 0.125 e. The van der Waals surface area contributed by atoms with Gasteiger partial charge >= 0.3 is 0 Å². The summed E-state index contributed by atoms with van der Waals surface area (Å²) in [6, 6.07) is 14.3. The summed E-state index contributed by atoms with van der Waals surface area (Å²) in [5, 5.41) is 3.42. The number of anilines is 1. The Morgan fingerprint density at radius 1 is 0.917 bits per heavy atom. The Kier molecular flexibility index (Phi) is 6.53. The predicted octanol–water partition coefficient (Wildman–Crippen LogP) is 5.22. The molecule has 0 aliphatic rings. The third-order valence-electron chi connectivity index (χ3n) is 3.76. The second-order valence-electron chi connectivity index (χ2n) is 6.76. The van der Waals surface area contributed by atoms with Crippen LogP contribution in [0.2, 0.25) is 0 Å². The van der Waals surface area contributed by atoms with Gasteiger partial charge in [0.2, 0.25) is 0 Å². The SMILES string of the molecule is Cc1cccc(C)c1OC(C)CNc1ccc(OCC(C)C)cc1. The highest BCUT2D eigenvalue weighted by atomic mass is 16.5. The third-order valence-corrected chi connectivity index (χ3v) is 3.76. The van der Waals surface area contributed by atoms with Crippen LogP contribution in [-0.2, 0) is 0 Å². The van der Waals surface area contributed by atoms with E-state index < -0.39 is 0 Å². The minimum absolute atomic E-state index is 0.0849. The van der Waals surface area contributed by atoms with Crippen LogP contribution in [0.4, 0.5) is 5.69 Å². The molecule has 1 atom stereocenters. The van der Waals surface area contributed by atoms with Gasteiger partial charge in [-0.05, 0) is 62.1 Å². The van der Waals surface area contributed by atoms with E-state index in [9.17, 15) is 0 Å². The fourth-order valence-corrected chi connectivity index (χ4v) is 2.42. The van der Waals surface area contributed by atoms with Crippen molar-refractivity contribution < 1.29 is 9.47 Å². The van der Waals surface area contributed by atoms with E-state index in [-0.39, 0.29) is 6.10 Å². The zero-order valence-electron chi connectivity index (χ0n) is 15.4. The van der Waals surface area contributed by atoms with E-state index in [1.807, 2.05) is 24.3 Å². The molecule has 0 saturated heterocycles. The van der Waals surface area contributed by atoms with E-state index in [1.165, 1.54) is 11.1 Å². The van der Waals surface area contributed by atoms with E-state index in [0.29, 0.717) is 5.92 Å². The normalized spacial score (nSPS) is 12.1. The Morgan fingerprint density at radius 3 is 2.12 bits per heavy atom. The van der Waals surface area contributed by atoms with Crippen LogP contribution in [0.5, 0.6) is 11.5 Å². The van der Waals surface area contributed by atoms with Crippen LogP contribution >= 0.6 is 0 Å². The fourth-order valence-electron chi connectivity index (χ4n) is 2.42. The molecular weight excluding hydrogens is 298 g/mol. The molecule has 0 aromatic heterocycles. The highest BCUT2D eigenvalue weighted by Crippen LogP contribution is 2.23. The number of aryl methyl sites for hydroxylation is 2. The van der Waals surface area contributed by atoms with Gasteiger partial charge in [0.05, 0.1) is 13.2 Å². The Morgan fingerprint density at radius 2 is 1.54 bits per heavy atom. The minimum Gasteiger partial charge on any atom is -0.493 e. The highest BCUT2D eigenvalue weighted by Gasteiger charge is 2.09. The minimum atomic E-state index is 0.0849. The summed E-state index contributed by atoms with van der Waals surface area (Å²) in [5.41, 5.74) is 3.42. The number of ether oxygens (including phenoxy) is 2. The average molecular weight is 327 g/mol. The van der Waals surface area contributed by atoms with Crippen molar-refractivity contribution in [3.05, 3.63) is 53.6 Å². The van der Waals surface area contributed by atoms with Crippen molar-refractivity contribution in [1.82, 2.24) is 0 Å². The molecule has 0 saturated carbocycles. The summed E-state index contributed by atoms with van der Waals surface area (Å²) in [6.07, 6.45) is 0.0849. The van der Waals surface area contributed by atoms with Crippen molar-refractivity contribution in [3.63, 3.8) is 0 Å². The molecule has 1 N–H and O–H groups in total. The molecule has 2 rings (SSSR count). The number of nitrogens with one attached hydrogen (secondary N) is 1. The van der Waals surface area contributed by atoms with Gasteiger partial charge in [-0.25, -0.2) is 0 Å². The molecule has 0 spiro atoms. The molecule has 130 valence electrons. The van der Waals surface area contributed by atoms with Gasteiger partial charge in [-0.2, -0.15) is 0 Å². The molecule has 2 aromatic carbocycles. The van der Waals surface area contributed by atoms with E-state index >= 15 is 0 Å². The maximum absolute atomic E-state index is 6.10. The Labute approximate surface area is 146 Å². The van der Waals surface area contributed by atoms with Gasteiger partial charge in [-0.15, -0.1) is 0 Å². The standard InChI is InChI=1S/C21H29NO2/c1-15(2)14-23-20-11-9-19(10-12-20)22-13-18(5)24-21-16(3)7-6-8-17(21)4/h6-12,15,18,22H,13-14H2,1-5H3. The van der Waals surface area contributed by atoms with E-state index in [2.05, 4.69) is 58.1 Å². The number of hydrogen-bond acceptors (Lipinski definition) is 3. The van der Waals surface area contributed by atoms with Gasteiger partial charge < -0.3 is 14.8 Å². The lowest BCUT2D eigenvalue weighted by atomic mass is 10.1. The van der Waals surface area contributed by atoms with Crippen LogP contribution in [0.1, 0.15) is 31.9 Å². The second-order valence-corrected chi connectivity index (χ2v) is 6.76. The van der Waals surface area contributed by atoms with Crippen LogP contribution in [0.15, 0.2) is 42.5 Å². The molecule has 3 nitrogen and oxygen atoms in total. The van der Waals surface area contributed by atoms with Crippen molar-refractivity contribution in [3.8, 4) is 11.5 Å². The summed E-state index contributed by atoms with van der Waals surface area (Å²) >= 11 is 0. The van der Waals surface area contributed by atoms with Crippen molar-refractivity contribution in [2.45, 2.75) is 40.7 Å². The molecule has 0 aliphatic heterocycles. The van der Waals surface area contributed by atoms with Crippen LogP contribution in [-0.4, -0.2) is 19.3 Å². The zero-order chi connectivity index (χ0) is 17.5. The molecule has 3 heteroatoms. The lowest BCUT2D eigenvalue weighted by Gasteiger charge is -2.19. The first kappa shape index (κ1) is 18.2. The molecule has 0 radical (unpaired) electrons. The van der Waals surface area contributed by atoms with Crippen LogP contribution in [0, 0.1) is 19.8 Å². The molecule has 0 fully saturated rings. The number of rotatable bonds is 8. The highest BCUT2D eigenvalue weighted by molar-refractivity contribution is 5.46. The first-order valence-corrected chi connectivity index (χ1v) is 8.65. The van der Waals surface area contributed by atoms with Gasteiger partial charge in [-0.1, -0.05) is 32.0 Å². The number of para-hydroxylation sites is 1. The molecule has 0 aliphatic carbocycles. The summed E-state index contributed by atoms with van der Waals surface area (Å²) < 4.78 is 11.8. The quantitative estimate of drug-likeness (QED) is 0.721. The van der Waals surface area contributed by atoms with Gasteiger partial charge in [0.25, 0.3) is 0 Å². The van der Waals surface area contributed by atoms with Gasteiger partial charge in [0.1, 0.15) is 17.6 Å². The maximum Gasteiger partial charge on any atom is 0.125 e. The zero-order valence-corrected chi connectivity index (χ0v) is 15.4. The van der Waals surface area contributed by atoms with Crippen LogP contribution < -0.4 is 14.8 Å². The maximum atomic E-state index is 6.10. The Balaban J connectivity index is 1.84. The lowest BCUT2D eigenvalue weighted by Crippen LogP contribution is -2.23. The average Bonchev–Trinajstić information content (AvgIpc) is 2.55. The van der Waals surface area contributed by atoms with Crippen molar-refractivity contribution in [1.29, 1.82) is 0 Å². The topological polar surface area (TPSA) is 30.5 Å². The first-order chi connectivity index (χ1) is 11.5. The summed E-state index contributed by atoms with van der Waals surface area (Å²) in [6.45, 7) is 12.0. The molecule has 1 unspecified atom stereocenters. The second kappa shape index (κ2) is 8.62. The van der Waals surface area contributed by atoms with Gasteiger partial charge in [0.15, 0.2) is 0 Å². The monoisotopic (exact) mass is 327 g/mol. The summed E-state index contributed by atoms with van der Waals surface area (Å²) in [5.74, 6) is 2.43. The van der Waals surface area contributed by atoms with E-state index in [1.54, 1.807) is 0 Å². The van der Waals surface area contributed by atoms with E-state index in [0.717, 1.165) is 30.3 Å².